The summed E-state index contributed by atoms with van der Waals surface area (Å²) in [6, 6.07) is 18.3. The minimum absolute atomic E-state index is 0.00654. The molecule has 0 saturated carbocycles. The number of carbonyl (C=O) groups excluding carboxylic acids is 1. The molecule has 4 aromatic rings. The van der Waals surface area contributed by atoms with Gasteiger partial charge in [0.2, 0.25) is 0 Å². The Labute approximate surface area is 210 Å². The molecule has 0 atom stereocenters. The van der Waals surface area contributed by atoms with E-state index in [1.807, 2.05) is 24.3 Å². The zero-order chi connectivity index (χ0) is 24.9. The Bertz CT molecular complexity index is 1350. The molecule has 1 amide bonds. The number of nitrogens with zero attached hydrogens (tertiary/aromatic N) is 2. The maximum atomic E-state index is 12.4. The molecule has 4 rings (SSSR count). The van der Waals surface area contributed by atoms with Crippen LogP contribution in [0.15, 0.2) is 74.7 Å². The normalized spacial score (nSPS) is 11.1. The molecule has 2 aromatic carbocycles. The second-order valence-electron chi connectivity index (χ2n) is 7.74. The van der Waals surface area contributed by atoms with Crippen LogP contribution in [-0.2, 0) is 6.61 Å². The van der Waals surface area contributed by atoms with E-state index in [-0.39, 0.29) is 18.1 Å². The molecule has 0 fully saturated rings. The number of hydrogen-bond acceptors (Lipinski definition) is 6. The number of furan rings is 1. The Hall–Kier alpha value is -3.98. The van der Waals surface area contributed by atoms with E-state index in [0.717, 1.165) is 17.1 Å². The van der Waals surface area contributed by atoms with Crippen molar-refractivity contribution in [2.75, 3.05) is 7.11 Å². The first-order valence-electron chi connectivity index (χ1n) is 10.7. The molecule has 0 aliphatic heterocycles. The lowest BCUT2D eigenvalue weighted by molar-refractivity contribution is 0.0923. The molecule has 0 spiro atoms. The number of rotatable bonds is 8. The van der Waals surface area contributed by atoms with Gasteiger partial charge in [-0.1, -0.05) is 0 Å². The molecule has 2 aromatic heterocycles. The van der Waals surface area contributed by atoms with Crippen molar-refractivity contribution in [3.05, 3.63) is 93.6 Å². The smallest absolute Gasteiger partial charge is 0.307 e. The highest BCUT2D eigenvalue weighted by atomic mass is 79.9. The van der Waals surface area contributed by atoms with E-state index in [1.165, 1.54) is 19.4 Å². The topological polar surface area (TPSA) is 98.2 Å². The van der Waals surface area contributed by atoms with Crippen LogP contribution in [0, 0.1) is 13.8 Å². The molecule has 0 aliphatic carbocycles. The third kappa shape index (κ3) is 5.58. The average Bonchev–Trinajstić information content (AvgIpc) is 3.46. The summed E-state index contributed by atoms with van der Waals surface area (Å²) >= 11 is 3.33. The molecule has 0 saturated heterocycles. The SMILES string of the molecule is COc1cc(/C=N/NC(=O)c2ccc(COc3ccc(-n4c(C)ccc4C)cc3)o2)c(Br)cc1O. The molecule has 35 heavy (non-hydrogen) atoms. The number of aromatic hydroxyl groups is 1. The van der Waals surface area contributed by atoms with Gasteiger partial charge in [-0.15, -0.1) is 0 Å². The first-order chi connectivity index (χ1) is 16.9. The molecule has 0 aliphatic rings. The number of amides is 1. The Kier molecular flexibility index (Phi) is 7.26. The molecule has 8 nitrogen and oxygen atoms in total. The molecule has 0 unspecified atom stereocenters. The first-order valence-corrected chi connectivity index (χ1v) is 11.5. The van der Waals surface area contributed by atoms with Gasteiger partial charge in [-0.3, -0.25) is 4.79 Å². The molecule has 2 N–H and O–H groups in total. The first kappa shape index (κ1) is 24.2. The Balaban J connectivity index is 1.33. The number of ether oxygens (including phenoxy) is 2. The highest BCUT2D eigenvalue weighted by Crippen LogP contribution is 2.31. The number of hydrazone groups is 1. The molecule has 0 radical (unpaired) electrons. The number of phenolic OH excluding ortho intramolecular Hbond substituents is 1. The monoisotopic (exact) mass is 537 g/mol. The lowest BCUT2D eigenvalue weighted by atomic mass is 10.2. The standard InChI is InChI=1S/C26H24BrN3O5/c1-16-4-5-17(2)30(16)19-6-8-20(9-7-19)34-15-21-10-11-24(35-21)26(32)29-28-14-18-12-25(33-3)23(31)13-22(18)27/h4-14,31H,15H2,1-3H3,(H,29,32)/b28-14+. The van der Waals surface area contributed by atoms with Gasteiger partial charge in [-0.05, 0) is 90.4 Å². The van der Waals surface area contributed by atoms with Gasteiger partial charge in [-0.2, -0.15) is 5.10 Å². The van der Waals surface area contributed by atoms with Gasteiger partial charge in [0.1, 0.15) is 18.1 Å². The number of aromatic nitrogens is 1. The molecule has 2 heterocycles. The largest absolute Gasteiger partial charge is 0.504 e. The summed E-state index contributed by atoms with van der Waals surface area (Å²) in [4.78, 5) is 12.4. The summed E-state index contributed by atoms with van der Waals surface area (Å²) in [5.41, 5.74) is 6.42. The molecular formula is C26H24BrN3O5. The van der Waals surface area contributed by atoms with Gasteiger partial charge in [0.25, 0.3) is 0 Å². The van der Waals surface area contributed by atoms with E-state index >= 15 is 0 Å². The van der Waals surface area contributed by atoms with Gasteiger partial charge in [0.05, 0.1) is 13.3 Å². The van der Waals surface area contributed by atoms with Crippen molar-refractivity contribution in [2.24, 2.45) is 5.10 Å². The van der Waals surface area contributed by atoms with Gasteiger partial charge >= 0.3 is 5.91 Å². The third-order valence-corrected chi connectivity index (χ3v) is 5.99. The number of aryl methyl sites for hydroxylation is 2. The second kappa shape index (κ2) is 10.5. The van der Waals surface area contributed by atoms with Crippen molar-refractivity contribution in [2.45, 2.75) is 20.5 Å². The quantitative estimate of drug-likeness (QED) is 0.228. The maximum Gasteiger partial charge on any atom is 0.307 e. The Morgan fingerprint density at radius 2 is 1.83 bits per heavy atom. The van der Waals surface area contributed by atoms with Crippen molar-refractivity contribution >= 4 is 28.1 Å². The minimum Gasteiger partial charge on any atom is -0.504 e. The van der Waals surface area contributed by atoms with E-state index in [0.29, 0.717) is 27.3 Å². The number of carbonyl (C=O) groups is 1. The molecule has 180 valence electrons. The summed E-state index contributed by atoms with van der Waals surface area (Å²) in [6.45, 7) is 4.31. The van der Waals surface area contributed by atoms with Crippen LogP contribution < -0.4 is 14.9 Å². The number of benzene rings is 2. The second-order valence-corrected chi connectivity index (χ2v) is 8.60. The minimum atomic E-state index is -0.504. The third-order valence-electron chi connectivity index (χ3n) is 5.30. The highest BCUT2D eigenvalue weighted by molar-refractivity contribution is 9.10. The van der Waals surface area contributed by atoms with Crippen LogP contribution in [0.1, 0.15) is 33.3 Å². The van der Waals surface area contributed by atoms with Crippen LogP contribution in [0.3, 0.4) is 0 Å². The molecule has 9 heteroatoms. The lowest BCUT2D eigenvalue weighted by Gasteiger charge is -2.10. The number of phenols is 1. The average molecular weight is 538 g/mol. The van der Waals surface area contributed by atoms with Gasteiger partial charge < -0.3 is 23.6 Å². The van der Waals surface area contributed by atoms with Gasteiger partial charge in [0, 0.05) is 27.1 Å². The fourth-order valence-electron chi connectivity index (χ4n) is 3.54. The van der Waals surface area contributed by atoms with Crippen LogP contribution in [0.4, 0.5) is 0 Å². The van der Waals surface area contributed by atoms with Crippen molar-refractivity contribution in [3.63, 3.8) is 0 Å². The summed E-state index contributed by atoms with van der Waals surface area (Å²) in [5, 5.41) is 13.7. The van der Waals surface area contributed by atoms with E-state index in [4.69, 9.17) is 13.9 Å². The highest BCUT2D eigenvalue weighted by Gasteiger charge is 2.12. The number of methoxy groups -OCH3 is 1. The lowest BCUT2D eigenvalue weighted by Crippen LogP contribution is -2.16. The van der Waals surface area contributed by atoms with E-state index < -0.39 is 5.91 Å². The maximum absolute atomic E-state index is 12.4. The Morgan fingerprint density at radius 3 is 2.51 bits per heavy atom. The van der Waals surface area contributed by atoms with Crippen molar-refractivity contribution in [1.29, 1.82) is 0 Å². The fourth-order valence-corrected chi connectivity index (χ4v) is 3.97. The fraction of sp³-hybridized carbons (Fsp3) is 0.154. The number of nitrogens with one attached hydrogen (secondary N) is 1. The van der Waals surface area contributed by atoms with E-state index in [9.17, 15) is 9.90 Å². The van der Waals surface area contributed by atoms with Gasteiger partial charge in [-0.25, -0.2) is 5.43 Å². The van der Waals surface area contributed by atoms with Crippen LogP contribution in [0.2, 0.25) is 0 Å². The van der Waals surface area contributed by atoms with Crippen molar-refractivity contribution in [1.82, 2.24) is 9.99 Å². The Morgan fingerprint density at radius 1 is 1.11 bits per heavy atom. The predicted octanol–water partition coefficient (Wildman–Crippen LogP) is 5.51. The predicted molar refractivity (Wildman–Crippen MR) is 136 cm³/mol. The van der Waals surface area contributed by atoms with Crippen LogP contribution in [-0.4, -0.2) is 28.9 Å². The van der Waals surface area contributed by atoms with E-state index in [2.05, 4.69) is 57.0 Å². The summed E-state index contributed by atoms with van der Waals surface area (Å²) in [7, 11) is 1.45. The van der Waals surface area contributed by atoms with Crippen LogP contribution in [0.25, 0.3) is 5.69 Å². The summed E-state index contributed by atoms with van der Waals surface area (Å²) in [6.07, 6.45) is 1.43. The van der Waals surface area contributed by atoms with E-state index in [1.54, 1.807) is 18.2 Å². The summed E-state index contributed by atoms with van der Waals surface area (Å²) < 4.78 is 19.2. The van der Waals surface area contributed by atoms with Crippen molar-refractivity contribution < 1.29 is 23.8 Å². The van der Waals surface area contributed by atoms with Crippen LogP contribution in [0.5, 0.6) is 17.2 Å². The zero-order valence-electron chi connectivity index (χ0n) is 19.4. The molecule has 0 bridgehead atoms. The van der Waals surface area contributed by atoms with Crippen molar-refractivity contribution in [3.8, 4) is 22.9 Å². The van der Waals surface area contributed by atoms with Gasteiger partial charge in [0.15, 0.2) is 17.3 Å². The molecular weight excluding hydrogens is 514 g/mol. The summed E-state index contributed by atoms with van der Waals surface area (Å²) in [5.74, 6) is 1.09. The number of hydrogen-bond donors (Lipinski definition) is 2. The zero-order valence-corrected chi connectivity index (χ0v) is 21.0. The van der Waals surface area contributed by atoms with Crippen LogP contribution >= 0.6 is 15.9 Å². The number of halogens is 1.